The van der Waals surface area contributed by atoms with E-state index in [0.29, 0.717) is 13.2 Å². The zero-order valence-corrected chi connectivity index (χ0v) is 12.8. The lowest BCUT2D eigenvalue weighted by molar-refractivity contribution is -0.150. The van der Waals surface area contributed by atoms with Gasteiger partial charge in [-0.1, -0.05) is 12.1 Å². The van der Waals surface area contributed by atoms with Gasteiger partial charge in [0.05, 0.1) is 17.6 Å². The monoisotopic (exact) mass is 287 g/mol. The van der Waals surface area contributed by atoms with Gasteiger partial charge >= 0.3 is 0 Å². The molecule has 1 atom stereocenters. The van der Waals surface area contributed by atoms with Crippen molar-refractivity contribution in [2.24, 2.45) is 0 Å². The minimum Gasteiger partial charge on any atom is -0.365 e. The summed E-state index contributed by atoms with van der Waals surface area (Å²) in [4.78, 5) is 22.1. The summed E-state index contributed by atoms with van der Waals surface area (Å²) in [5, 5.41) is 0. The van der Waals surface area contributed by atoms with Crippen LogP contribution in [0.15, 0.2) is 18.2 Å². The fourth-order valence-electron chi connectivity index (χ4n) is 2.95. The molecule has 0 saturated carbocycles. The number of likely N-dealkylation sites (N-methyl/N-ethyl adjacent to an activating group) is 1. The average Bonchev–Trinajstić information content (AvgIpc) is 3.06. The van der Waals surface area contributed by atoms with E-state index < -0.39 is 5.60 Å². The lowest BCUT2D eigenvalue weighted by Gasteiger charge is -2.27. The normalized spacial score (nSPS) is 21.9. The number of benzene rings is 1. The Morgan fingerprint density at radius 3 is 3.00 bits per heavy atom. The zero-order valence-electron chi connectivity index (χ0n) is 12.8. The second kappa shape index (κ2) is 5.15. The van der Waals surface area contributed by atoms with Crippen LogP contribution in [0.5, 0.6) is 0 Å². The van der Waals surface area contributed by atoms with Crippen molar-refractivity contribution in [2.45, 2.75) is 38.8 Å². The number of hydrogen-bond acceptors (Lipinski definition) is 3. The zero-order chi connectivity index (χ0) is 15.0. The number of H-pyrrole nitrogens is 1. The van der Waals surface area contributed by atoms with Gasteiger partial charge in [-0.05, 0) is 38.3 Å². The molecule has 1 fully saturated rings. The summed E-state index contributed by atoms with van der Waals surface area (Å²) < 4.78 is 5.62. The SMILES string of the molecule is Cc1cccc2[nH]c(CN(C)C(=O)C3(C)CCCO3)nc12. The third kappa shape index (κ3) is 2.53. The highest BCUT2D eigenvalue weighted by atomic mass is 16.5. The predicted octanol–water partition coefficient (Wildman–Crippen LogP) is 2.40. The van der Waals surface area contributed by atoms with Gasteiger partial charge in [0.1, 0.15) is 11.4 Å². The van der Waals surface area contributed by atoms with Gasteiger partial charge in [0.15, 0.2) is 0 Å². The molecule has 21 heavy (non-hydrogen) atoms. The minimum atomic E-state index is -0.670. The molecule has 5 heteroatoms. The summed E-state index contributed by atoms with van der Waals surface area (Å²) in [5.74, 6) is 0.828. The van der Waals surface area contributed by atoms with Crippen LogP contribution in [0.25, 0.3) is 11.0 Å². The van der Waals surface area contributed by atoms with Crippen LogP contribution in [0.4, 0.5) is 0 Å². The standard InChI is InChI=1S/C16H21N3O2/c1-11-6-4-7-12-14(11)18-13(17-12)10-19(3)15(20)16(2)8-5-9-21-16/h4,6-7H,5,8-10H2,1-3H3,(H,17,18). The first-order valence-corrected chi connectivity index (χ1v) is 7.33. The predicted molar refractivity (Wildman–Crippen MR) is 80.9 cm³/mol. The average molecular weight is 287 g/mol. The van der Waals surface area contributed by atoms with Gasteiger partial charge in [0.2, 0.25) is 0 Å². The van der Waals surface area contributed by atoms with Crippen molar-refractivity contribution in [1.82, 2.24) is 14.9 Å². The second-order valence-electron chi connectivity index (χ2n) is 6.00. The van der Waals surface area contributed by atoms with Crippen molar-refractivity contribution in [1.29, 1.82) is 0 Å². The highest BCUT2D eigenvalue weighted by Gasteiger charge is 2.39. The van der Waals surface area contributed by atoms with Crippen molar-refractivity contribution < 1.29 is 9.53 Å². The van der Waals surface area contributed by atoms with E-state index >= 15 is 0 Å². The van der Waals surface area contributed by atoms with E-state index in [9.17, 15) is 4.79 Å². The highest BCUT2D eigenvalue weighted by Crippen LogP contribution is 2.27. The third-order valence-electron chi connectivity index (χ3n) is 4.17. The van der Waals surface area contributed by atoms with E-state index in [1.54, 1.807) is 11.9 Å². The smallest absolute Gasteiger partial charge is 0.254 e. The molecule has 0 aliphatic carbocycles. The topological polar surface area (TPSA) is 58.2 Å². The van der Waals surface area contributed by atoms with E-state index in [0.717, 1.165) is 35.3 Å². The highest BCUT2D eigenvalue weighted by molar-refractivity contribution is 5.85. The molecular weight excluding hydrogens is 266 g/mol. The van der Waals surface area contributed by atoms with Gasteiger partial charge in [-0.15, -0.1) is 0 Å². The minimum absolute atomic E-state index is 0.0252. The number of aromatic nitrogens is 2. The molecule has 5 nitrogen and oxygen atoms in total. The van der Waals surface area contributed by atoms with Crippen LogP contribution in [0.3, 0.4) is 0 Å². The molecule has 0 radical (unpaired) electrons. The largest absolute Gasteiger partial charge is 0.365 e. The van der Waals surface area contributed by atoms with Gasteiger partial charge in [0, 0.05) is 13.7 Å². The van der Waals surface area contributed by atoms with Crippen molar-refractivity contribution in [2.75, 3.05) is 13.7 Å². The Kier molecular flexibility index (Phi) is 3.45. The van der Waals surface area contributed by atoms with Gasteiger partial charge in [0.25, 0.3) is 5.91 Å². The fraction of sp³-hybridized carbons (Fsp3) is 0.500. The number of aromatic amines is 1. The molecule has 1 aliphatic heterocycles. The van der Waals surface area contributed by atoms with E-state index in [1.165, 1.54) is 0 Å². The molecule has 1 unspecified atom stereocenters. The Morgan fingerprint density at radius 1 is 1.52 bits per heavy atom. The molecule has 1 saturated heterocycles. The maximum atomic E-state index is 12.5. The number of ether oxygens (including phenoxy) is 1. The molecule has 0 bridgehead atoms. The van der Waals surface area contributed by atoms with Crippen molar-refractivity contribution in [3.8, 4) is 0 Å². The Morgan fingerprint density at radius 2 is 2.33 bits per heavy atom. The molecule has 0 spiro atoms. The van der Waals surface area contributed by atoms with Crippen molar-refractivity contribution in [3.63, 3.8) is 0 Å². The molecule has 1 amide bonds. The summed E-state index contributed by atoms with van der Waals surface area (Å²) in [5.41, 5.74) is 2.44. The number of amides is 1. The Bertz CT molecular complexity index is 671. The summed E-state index contributed by atoms with van der Waals surface area (Å²) in [6.45, 7) is 5.04. The van der Waals surface area contributed by atoms with Crippen LogP contribution in [0.2, 0.25) is 0 Å². The first-order chi connectivity index (χ1) is 9.99. The number of rotatable bonds is 3. The number of aryl methyl sites for hydroxylation is 1. The lowest BCUT2D eigenvalue weighted by Crippen LogP contribution is -2.44. The van der Waals surface area contributed by atoms with Gasteiger partial charge in [-0.25, -0.2) is 4.98 Å². The van der Waals surface area contributed by atoms with Crippen LogP contribution in [-0.4, -0.2) is 40.0 Å². The third-order valence-corrected chi connectivity index (χ3v) is 4.17. The maximum absolute atomic E-state index is 12.5. The Hall–Kier alpha value is -1.88. The molecule has 2 heterocycles. The molecule has 1 N–H and O–H groups in total. The quantitative estimate of drug-likeness (QED) is 0.943. The molecule has 2 aromatic rings. The number of carbonyl (C=O) groups excluding carboxylic acids is 1. The molecular formula is C16H21N3O2. The molecule has 1 aromatic carbocycles. The molecule has 3 rings (SSSR count). The molecule has 1 aliphatic rings. The summed E-state index contributed by atoms with van der Waals surface area (Å²) in [6.07, 6.45) is 1.73. The van der Waals surface area contributed by atoms with E-state index in [4.69, 9.17) is 4.74 Å². The molecule has 1 aromatic heterocycles. The lowest BCUT2D eigenvalue weighted by atomic mass is 10.0. The first kappa shape index (κ1) is 14.1. The summed E-state index contributed by atoms with van der Waals surface area (Å²) in [6, 6.07) is 6.04. The number of carbonyl (C=O) groups is 1. The van der Waals surface area contributed by atoms with Crippen LogP contribution in [0, 0.1) is 6.92 Å². The first-order valence-electron chi connectivity index (χ1n) is 7.33. The van der Waals surface area contributed by atoms with Crippen LogP contribution in [-0.2, 0) is 16.1 Å². The summed E-state index contributed by atoms with van der Waals surface area (Å²) in [7, 11) is 1.80. The summed E-state index contributed by atoms with van der Waals surface area (Å²) >= 11 is 0. The number of imidazole rings is 1. The second-order valence-corrected chi connectivity index (χ2v) is 6.00. The van der Waals surface area contributed by atoms with E-state index in [2.05, 4.69) is 9.97 Å². The Labute approximate surface area is 124 Å². The van der Waals surface area contributed by atoms with Crippen molar-refractivity contribution in [3.05, 3.63) is 29.6 Å². The Balaban J connectivity index is 1.78. The number of para-hydroxylation sites is 1. The van der Waals surface area contributed by atoms with Crippen LogP contribution in [0.1, 0.15) is 31.2 Å². The number of nitrogens with one attached hydrogen (secondary N) is 1. The van der Waals surface area contributed by atoms with E-state index in [-0.39, 0.29) is 5.91 Å². The number of fused-ring (bicyclic) bond motifs is 1. The molecule has 112 valence electrons. The van der Waals surface area contributed by atoms with E-state index in [1.807, 2.05) is 32.0 Å². The van der Waals surface area contributed by atoms with Crippen LogP contribution >= 0.6 is 0 Å². The van der Waals surface area contributed by atoms with Crippen LogP contribution < -0.4 is 0 Å². The number of hydrogen-bond donors (Lipinski definition) is 1. The fourth-order valence-corrected chi connectivity index (χ4v) is 2.95. The number of nitrogens with zero attached hydrogens (tertiary/aromatic N) is 2. The van der Waals surface area contributed by atoms with Gasteiger partial charge in [-0.2, -0.15) is 0 Å². The van der Waals surface area contributed by atoms with Gasteiger partial charge in [-0.3, -0.25) is 4.79 Å². The van der Waals surface area contributed by atoms with Gasteiger partial charge < -0.3 is 14.6 Å². The maximum Gasteiger partial charge on any atom is 0.254 e. The van der Waals surface area contributed by atoms with Crippen molar-refractivity contribution >= 4 is 16.9 Å².